The van der Waals surface area contributed by atoms with E-state index >= 15 is 0 Å². The van der Waals surface area contributed by atoms with Gasteiger partial charge in [0.25, 0.3) is 0 Å². The summed E-state index contributed by atoms with van der Waals surface area (Å²) in [7, 11) is 0. The molecule has 1 saturated carbocycles. The van der Waals surface area contributed by atoms with Crippen molar-refractivity contribution < 1.29 is 27.9 Å². The zero-order valence-electron chi connectivity index (χ0n) is 12.8. The molecule has 2 aliphatic rings. The molecule has 1 aromatic rings. The lowest BCUT2D eigenvalue weighted by molar-refractivity contribution is -0.141. The van der Waals surface area contributed by atoms with Crippen molar-refractivity contribution in [1.82, 2.24) is 9.88 Å². The molecular formula is C15H16F3N3O3. The second-order valence-electron chi connectivity index (χ2n) is 6.21. The third kappa shape index (κ3) is 2.78. The van der Waals surface area contributed by atoms with Crippen molar-refractivity contribution in [1.29, 1.82) is 0 Å². The van der Waals surface area contributed by atoms with Gasteiger partial charge in [-0.05, 0) is 43.7 Å². The van der Waals surface area contributed by atoms with Crippen LogP contribution in [0, 0.1) is 12.8 Å². The summed E-state index contributed by atoms with van der Waals surface area (Å²) in [6.45, 7) is 1.53. The molecule has 0 aromatic carbocycles. The molecule has 3 rings (SSSR count). The monoisotopic (exact) mass is 343 g/mol. The van der Waals surface area contributed by atoms with Crippen LogP contribution >= 0.6 is 0 Å². The van der Waals surface area contributed by atoms with Crippen molar-refractivity contribution >= 4 is 17.8 Å². The highest BCUT2D eigenvalue weighted by molar-refractivity contribution is 5.97. The van der Waals surface area contributed by atoms with Gasteiger partial charge in [-0.3, -0.25) is 9.69 Å². The van der Waals surface area contributed by atoms with E-state index in [2.05, 4.69) is 10.3 Å². The summed E-state index contributed by atoms with van der Waals surface area (Å²) >= 11 is 0. The number of carbonyl (C=O) groups is 2. The Bertz CT molecular complexity index is 692. The molecule has 2 amide bonds. The number of aryl methyl sites for hydroxylation is 1. The predicted molar refractivity (Wildman–Crippen MR) is 77.4 cm³/mol. The van der Waals surface area contributed by atoms with Crippen molar-refractivity contribution in [3.63, 3.8) is 0 Å². The van der Waals surface area contributed by atoms with Crippen molar-refractivity contribution in [2.75, 3.05) is 5.32 Å². The first kappa shape index (κ1) is 16.5. The number of rotatable bonds is 2. The van der Waals surface area contributed by atoms with Crippen LogP contribution in [-0.2, 0) is 11.0 Å². The zero-order chi connectivity index (χ0) is 17.6. The molecule has 2 unspecified atom stereocenters. The summed E-state index contributed by atoms with van der Waals surface area (Å²) < 4.78 is 38.3. The SMILES string of the molecule is Cc1ccc(C(F)(F)F)nc1NC(=O)[C@@H]1C2CCC(C2)N1C(=O)O. The fourth-order valence-electron chi connectivity index (χ4n) is 3.60. The summed E-state index contributed by atoms with van der Waals surface area (Å²) in [4.78, 5) is 28.5. The van der Waals surface area contributed by atoms with E-state index in [1.165, 1.54) is 13.0 Å². The summed E-state index contributed by atoms with van der Waals surface area (Å²) in [6, 6.07) is 0.989. The van der Waals surface area contributed by atoms with Gasteiger partial charge in [-0.25, -0.2) is 9.78 Å². The molecular weight excluding hydrogens is 327 g/mol. The summed E-state index contributed by atoms with van der Waals surface area (Å²) in [5.74, 6) is -0.917. The highest BCUT2D eigenvalue weighted by Gasteiger charge is 2.51. The Balaban J connectivity index is 1.83. The molecule has 9 heteroatoms. The normalized spacial score (nSPS) is 25.8. The number of likely N-dealkylation sites (tertiary alicyclic amines) is 1. The van der Waals surface area contributed by atoms with Crippen LogP contribution in [0.25, 0.3) is 0 Å². The zero-order valence-corrected chi connectivity index (χ0v) is 12.8. The lowest BCUT2D eigenvalue weighted by Gasteiger charge is -2.32. The average Bonchev–Trinajstić information content (AvgIpc) is 3.08. The van der Waals surface area contributed by atoms with Gasteiger partial charge in [0, 0.05) is 6.04 Å². The molecule has 0 radical (unpaired) electrons. The van der Waals surface area contributed by atoms with Crippen molar-refractivity contribution in [2.45, 2.75) is 44.4 Å². The number of hydrogen-bond donors (Lipinski definition) is 2. The van der Waals surface area contributed by atoms with Gasteiger partial charge in [-0.1, -0.05) is 6.07 Å². The highest BCUT2D eigenvalue weighted by atomic mass is 19.4. The van der Waals surface area contributed by atoms with Gasteiger partial charge in [0.15, 0.2) is 0 Å². The molecule has 0 spiro atoms. The van der Waals surface area contributed by atoms with E-state index < -0.39 is 29.9 Å². The Morgan fingerprint density at radius 3 is 2.67 bits per heavy atom. The minimum Gasteiger partial charge on any atom is -0.465 e. The fourth-order valence-corrected chi connectivity index (χ4v) is 3.60. The maximum atomic E-state index is 12.8. The number of anilines is 1. The molecule has 2 bridgehead atoms. The lowest BCUT2D eigenvalue weighted by Crippen LogP contribution is -2.50. The first-order chi connectivity index (χ1) is 11.2. The van der Waals surface area contributed by atoms with Gasteiger partial charge in [0.1, 0.15) is 17.6 Å². The van der Waals surface area contributed by atoms with E-state index in [1.807, 2.05) is 0 Å². The fraction of sp³-hybridized carbons (Fsp3) is 0.533. The molecule has 1 saturated heterocycles. The van der Waals surface area contributed by atoms with Gasteiger partial charge >= 0.3 is 12.3 Å². The number of carboxylic acid groups (broad SMARTS) is 1. The van der Waals surface area contributed by atoms with Gasteiger partial charge < -0.3 is 10.4 Å². The van der Waals surface area contributed by atoms with Gasteiger partial charge in [0.05, 0.1) is 0 Å². The van der Waals surface area contributed by atoms with Crippen LogP contribution in [0.2, 0.25) is 0 Å². The molecule has 130 valence electrons. The second-order valence-corrected chi connectivity index (χ2v) is 6.21. The number of aromatic nitrogens is 1. The van der Waals surface area contributed by atoms with Crippen molar-refractivity contribution in [3.05, 3.63) is 23.4 Å². The minimum absolute atomic E-state index is 0.0998. The number of carbonyl (C=O) groups excluding carboxylic acids is 1. The van der Waals surface area contributed by atoms with Crippen molar-refractivity contribution in [2.24, 2.45) is 5.92 Å². The van der Waals surface area contributed by atoms with Crippen LogP contribution in [-0.4, -0.2) is 39.1 Å². The van der Waals surface area contributed by atoms with E-state index in [1.54, 1.807) is 0 Å². The average molecular weight is 343 g/mol. The molecule has 2 N–H and O–H groups in total. The summed E-state index contributed by atoms with van der Waals surface area (Å²) in [5, 5.41) is 11.7. The maximum absolute atomic E-state index is 12.8. The first-order valence-corrected chi connectivity index (χ1v) is 7.55. The number of nitrogens with zero attached hydrogens (tertiary/aromatic N) is 2. The van der Waals surface area contributed by atoms with E-state index in [0.29, 0.717) is 18.4 Å². The Morgan fingerprint density at radius 2 is 2.04 bits per heavy atom. The quantitative estimate of drug-likeness (QED) is 0.865. The molecule has 3 atom stereocenters. The number of amides is 2. The molecule has 2 fully saturated rings. The number of alkyl halides is 3. The van der Waals surface area contributed by atoms with Gasteiger partial charge in [0.2, 0.25) is 5.91 Å². The molecule has 1 aliphatic carbocycles. The Hall–Kier alpha value is -2.32. The third-order valence-electron chi connectivity index (χ3n) is 4.70. The van der Waals surface area contributed by atoms with E-state index in [-0.39, 0.29) is 17.8 Å². The van der Waals surface area contributed by atoms with E-state index in [0.717, 1.165) is 17.4 Å². The number of nitrogens with one attached hydrogen (secondary N) is 1. The van der Waals surface area contributed by atoms with Crippen LogP contribution in [0.5, 0.6) is 0 Å². The van der Waals surface area contributed by atoms with Crippen LogP contribution in [0.4, 0.5) is 23.8 Å². The third-order valence-corrected chi connectivity index (χ3v) is 4.70. The standard InChI is InChI=1S/C15H16F3N3O3/c1-7-2-5-10(15(16,17)18)19-12(7)20-13(22)11-8-3-4-9(6-8)21(11)14(23)24/h2,5,8-9,11H,3-4,6H2,1H3,(H,23,24)(H,19,20,22)/t8?,9?,11-/m0/s1. The Morgan fingerprint density at radius 1 is 1.33 bits per heavy atom. The van der Waals surface area contributed by atoms with Crippen LogP contribution in [0.3, 0.4) is 0 Å². The van der Waals surface area contributed by atoms with Crippen LogP contribution < -0.4 is 5.32 Å². The van der Waals surface area contributed by atoms with Crippen molar-refractivity contribution in [3.8, 4) is 0 Å². The van der Waals surface area contributed by atoms with Gasteiger partial charge in [-0.2, -0.15) is 13.2 Å². The lowest BCUT2D eigenvalue weighted by atomic mass is 9.98. The number of hydrogen-bond acceptors (Lipinski definition) is 3. The smallest absolute Gasteiger partial charge is 0.433 e. The molecule has 1 aromatic heterocycles. The molecule has 2 heterocycles. The number of piperidine rings is 1. The predicted octanol–water partition coefficient (Wildman–Crippen LogP) is 2.88. The number of fused-ring (bicyclic) bond motifs is 2. The van der Waals surface area contributed by atoms with Gasteiger partial charge in [-0.15, -0.1) is 0 Å². The molecule has 1 aliphatic heterocycles. The maximum Gasteiger partial charge on any atom is 0.433 e. The number of halogens is 3. The first-order valence-electron chi connectivity index (χ1n) is 7.55. The minimum atomic E-state index is -4.62. The van der Waals surface area contributed by atoms with Crippen LogP contribution in [0.15, 0.2) is 12.1 Å². The van der Waals surface area contributed by atoms with Crippen LogP contribution in [0.1, 0.15) is 30.5 Å². The molecule has 24 heavy (non-hydrogen) atoms. The largest absolute Gasteiger partial charge is 0.465 e. The summed E-state index contributed by atoms with van der Waals surface area (Å²) in [6.07, 6.45) is -3.74. The number of pyridine rings is 1. The molecule has 6 nitrogen and oxygen atoms in total. The Labute approximate surface area is 135 Å². The van der Waals surface area contributed by atoms with E-state index in [4.69, 9.17) is 0 Å². The second kappa shape index (κ2) is 5.64. The Kier molecular flexibility index (Phi) is 3.89. The van der Waals surface area contributed by atoms with E-state index in [9.17, 15) is 27.9 Å². The highest BCUT2D eigenvalue weighted by Crippen LogP contribution is 2.42. The topological polar surface area (TPSA) is 82.5 Å². The summed E-state index contributed by atoms with van der Waals surface area (Å²) in [5.41, 5.74) is -0.729.